The number of carbonyl (C=O) groups excluding carboxylic acids is 4. The lowest BCUT2D eigenvalue weighted by Crippen LogP contribution is -2.54. The van der Waals surface area contributed by atoms with Gasteiger partial charge in [-0.2, -0.15) is 0 Å². The minimum Gasteiger partial charge on any atom is -0.504 e. The number of rotatable bonds is 9. The molecular formula is C39H35ClN2O8. The summed E-state index contributed by atoms with van der Waals surface area (Å²) in [6.07, 6.45) is 6.06. The summed E-state index contributed by atoms with van der Waals surface area (Å²) in [4.78, 5) is 71.2. The Kier molecular flexibility index (Phi) is 8.59. The summed E-state index contributed by atoms with van der Waals surface area (Å²) in [5, 5.41) is 19.8. The lowest BCUT2D eigenvalue weighted by atomic mass is 9.50. The zero-order chi connectivity index (χ0) is 35.3. The first-order chi connectivity index (χ1) is 24.1. The van der Waals surface area contributed by atoms with E-state index >= 15 is 4.79 Å². The number of carboxylic acids is 1. The third-order valence-electron chi connectivity index (χ3n) is 10.8. The van der Waals surface area contributed by atoms with Gasteiger partial charge in [0.25, 0.3) is 0 Å². The van der Waals surface area contributed by atoms with Crippen molar-refractivity contribution in [2.24, 2.45) is 29.6 Å². The quantitative estimate of drug-likeness (QED) is 0.217. The van der Waals surface area contributed by atoms with Crippen LogP contribution in [-0.4, -0.2) is 58.4 Å². The molecule has 256 valence electrons. The number of likely N-dealkylation sites (tertiary alicyclic amines) is 1. The number of anilines is 1. The Bertz CT molecular complexity index is 1980. The molecule has 50 heavy (non-hydrogen) atoms. The van der Waals surface area contributed by atoms with E-state index in [1.54, 1.807) is 36.4 Å². The molecule has 2 N–H and O–H groups in total. The first-order valence-electron chi connectivity index (χ1n) is 16.6. The highest BCUT2D eigenvalue weighted by molar-refractivity contribution is 6.32. The van der Waals surface area contributed by atoms with Gasteiger partial charge in [0.05, 0.1) is 36.0 Å². The van der Waals surface area contributed by atoms with Gasteiger partial charge < -0.3 is 14.9 Å². The second-order valence-corrected chi connectivity index (χ2v) is 13.7. The first-order valence-corrected chi connectivity index (χ1v) is 17.0. The highest BCUT2D eigenvalue weighted by atomic mass is 35.5. The van der Waals surface area contributed by atoms with Gasteiger partial charge in [-0.05, 0) is 66.6 Å². The van der Waals surface area contributed by atoms with E-state index in [-0.39, 0.29) is 55.5 Å². The molecule has 4 aliphatic rings. The summed E-state index contributed by atoms with van der Waals surface area (Å²) < 4.78 is 5.33. The van der Waals surface area contributed by atoms with Crippen molar-refractivity contribution in [1.29, 1.82) is 0 Å². The molecule has 2 saturated heterocycles. The van der Waals surface area contributed by atoms with Gasteiger partial charge in [0.2, 0.25) is 23.6 Å². The summed E-state index contributed by atoms with van der Waals surface area (Å²) in [7, 11) is 1.45. The number of phenolic OH excluding ortho intramolecular Hbond substituents is 1. The van der Waals surface area contributed by atoms with Crippen molar-refractivity contribution in [3.05, 3.63) is 107 Å². The van der Waals surface area contributed by atoms with Crippen molar-refractivity contribution in [3.63, 3.8) is 0 Å². The number of fused-ring (bicyclic) bond motifs is 4. The van der Waals surface area contributed by atoms with Crippen molar-refractivity contribution in [2.75, 3.05) is 18.6 Å². The molecule has 7 rings (SSSR count). The number of carboxylic acid groups (broad SMARTS) is 1. The van der Waals surface area contributed by atoms with Crippen molar-refractivity contribution in [3.8, 4) is 11.5 Å². The molecule has 4 amide bonds. The molecule has 6 atom stereocenters. The molecule has 0 aromatic heterocycles. The Morgan fingerprint density at radius 3 is 2.48 bits per heavy atom. The molecular weight excluding hydrogens is 660 g/mol. The largest absolute Gasteiger partial charge is 0.504 e. The lowest BCUT2D eigenvalue weighted by molar-refractivity contribution is -0.142. The van der Waals surface area contributed by atoms with E-state index in [9.17, 15) is 24.3 Å². The van der Waals surface area contributed by atoms with Crippen LogP contribution in [0.15, 0.2) is 90.5 Å². The van der Waals surface area contributed by atoms with Gasteiger partial charge >= 0.3 is 5.97 Å². The number of ether oxygens (including phenoxy) is 1. The average Bonchev–Trinajstić information content (AvgIpc) is 3.49. The maximum atomic E-state index is 15.2. The first kappa shape index (κ1) is 33.3. The zero-order valence-corrected chi connectivity index (χ0v) is 28.0. The monoisotopic (exact) mass is 694 g/mol. The number of nitrogens with zero attached hydrogens (tertiary/aromatic N) is 2. The molecule has 10 nitrogen and oxygen atoms in total. The molecule has 11 heteroatoms. The van der Waals surface area contributed by atoms with Crippen LogP contribution >= 0.6 is 11.6 Å². The van der Waals surface area contributed by atoms with E-state index in [0.717, 1.165) is 5.57 Å². The number of hydrogen-bond acceptors (Lipinski definition) is 7. The van der Waals surface area contributed by atoms with Crippen LogP contribution in [0.3, 0.4) is 0 Å². The molecule has 1 saturated carbocycles. The van der Waals surface area contributed by atoms with E-state index in [1.165, 1.54) is 23.0 Å². The van der Waals surface area contributed by atoms with Crippen LogP contribution in [0.25, 0.3) is 6.08 Å². The fraction of sp³-hybridized carbons (Fsp3) is 0.308. The molecule has 3 aromatic carbocycles. The van der Waals surface area contributed by atoms with E-state index in [1.807, 2.05) is 48.6 Å². The fourth-order valence-corrected chi connectivity index (χ4v) is 8.85. The molecule has 3 fully saturated rings. The molecule has 3 aromatic rings. The molecule has 2 aliphatic carbocycles. The minimum absolute atomic E-state index is 0.00236. The maximum absolute atomic E-state index is 15.2. The third kappa shape index (κ3) is 5.20. The smallest absolute Gasteiger partial charge is 0.303 e. The van der Waals surface area contributed by atoms with Gasteiger partial charge in [-0.3, -0.25) is 28.9 Å². The van der Waals surface area contributed by atoms with Crippen LogP contribution in [0.2, 0.25) is 5.02 Å². The van der Waals surface area contributed by atoms with Crippen LogP contribution in [-0.2, 0) is 29.4 Å². The van der Waals surface area contributed by atoms with Crippen LogP contribution < -0.4 is 9.64 Å². The van der Waals surface area contributed by atoms with Gasteiger partial charge in [-0.25, -0.2) is 4.90 Å². The number of phenols is 1. The third-order valence-corrected chi connectivity index (χ3v) is 11.0. The van der Waals surface area contributed by atoms with Gasteiger partial charge in [0.15, 0.2) is 11.5 Å². The number of aliphatic carboxylic acids is 1. The number of hydrogen-bond donors (Lipinski definition) is 2. The topological polar surface area (TPSA) is 142 Å². The molecule has 0 bridgehead atoms. The van der Waals surface area contributed by atoms with Crippen molar-refractivity contribution in [2.45, 2.75) is 31.1 Å². The lowest BCUT2D eigenvalue weighted by Gasteiger charge is -2.49. The van der Waals surface area contributed by atoms with Gasteiger partial charge in [0, 0.05) is 23.9 Å². The molecule has 2 aliphatic heterocycles. The Hall–Kier alpha value is -5.22. The Balaban J connectivity index is 1.40. The number of halogens is 1. The average molecular weight is 695 g/mol. The van der Waals surface area contributed by atoms with E-state index in [0.29, 0.717) is 21.8 Å². The van der Waals surface area contributed by atoms with Crippen molar-refractivity contribution >= 4 is 53.0 Å². The summed E-state index contributed by atoms with van der Waals surface area (Å²) in [6, 6.07) is 20.7. The number of allylic oxidation sites excluding steroid dienone is 3. The Morgan fingerprint density at radius 2 is 1.76 bits per heavy atom. The van der Waals surface area contributed by atoms with Crippen LogP contribution in [0.1, 0.15) is 36.8 Å². The zero-order valence-electron chi connectivity index (χ0n) is 27.2. The number of imide groups is 2. The summed E-state index contributed by atoms with van der Waals surface area (Å²) in [5.74, 6) is -5.85. The molecule has 0 radical (unpaired) electrons. The Labute approximate surface area is 293 Å². The van der Waals surface area contributed by atoms with Gasteiger partial charge in [-0.15, -0.1) is 0 Å². The standard InChI is InChI=1S/C39H35ClN2O8/c1-50-32-19-22(13-17-31(32)43)12-16-29-26-14-15-27-34(37(48)41(35(27)46)18-6-11-33(44)45)28(26)21-30-36(47)42(25-10-5-9-24(40)20-25)38(49)39(29,30)23-7-3-2-4-8-23/h2-5,7-10,12-14,16-17,19-20,27-30,34,43H,6,11,15,18,21H2,1H3,(H,44,45). The number of benzene rings is 3. The summed E-state index contributed by atoms with van der Waals surface area (Å²) in [6.45, 7) is 0.00236. The Morgan fingerprint density at radius 1 is 0.980 bits per heavy atom. The van der Waals surface area contributed by atoms with E-state index in [4.69, 9.17) is 21.4 Å². The van der Waals surface area contributed by atoms with Crippen LogP contribution in [0.4, 0.5) is 5.69 Å². The van der Waals surface area contributed by atoms with Crippen LogP contribution in [0.5, 0.6) is 11.5 Å². The van der Waals surface area contributed by atoms with Crippen molar-refractivity contribution in [1.82, 2.24) is 4.90 Å². The number of amides is 4. The fourth-order valence-electron chi connectivity index (χ4n) is 8.67. The van der Waals surface area contributed by atoms with E-state index in [2.05, 4.69) is 0 Å². The molecule has 6 unspecified atom stereocenters. The normalized spacial score (nSPS) is 27.3. The maximum Gasteiger partial charge on any atom is 0.303 e. The van der Waals surface area contributed by atoms with Gasteiger partial charge in [-0.1, -0.05) is 77.9 Å². The highest BCUT2D eigenvalue weighted by Gasteiger charge is 2.69. The second kappa shape index (κ2) is 12.9. The van der Waals surface area contributed by atoms with Crippen LogP contribution in [0, 0.1) is 29.6 Å². The highest BCUT2D eigenvalue weighted by Crippen LogP contribution is 2.62. The van der Waals surface area contributed by atoms with Crippen molar-refractivity contribution < 1.29 is 38.9 Å². The predicted octanol–water partition coefficient (Wildman–Crippen LogP) is 5.63. The number of aromatic hydroxyl groups is 1. The molecule has 2 heterocycles. The minimum atomic E-state index is -1.40. The number of carbonyl (C=O) groups is 5. The summed E-state index contributed by atoms with van der Waals surface area (Å²) in [5.41, 5.74) is 1.07. The predicted molar refractivity (Wildman–Crippen MR) is 184 cm³/mol. The molecule has 0 spiro atoms. The number of methoxy groups -OCH3 is 1. The SMILES string of the molecule is COc1cc(C=CC2C3=CCC4C(=O)N(CCCC(=O)O)C(=O)C4C3CC3C(=O)N(c4cccc(Cl)c4)C(=O)C23c2ccccc2)ccc1O. The van der Waals surface area contributed by atoms with Gasteiger partial charge in [0.1, 0.15) is 0 Å². The summed E-state index contributed by atoms with van der Waals surface area (Å²) >= 11 is 6.36. The second-order valence-electron chi connectivity index (χ2n) is 13.3. The van der Waals surface area contributed by atoms with E-state index < -0.39 is 52.8 Å².